The van der Waals surface area contributed by atoms with Crippen LogP contribution in [0.1, 0.15) is 51.9 Å². The number of nitrogens with one attached hydrogen (secondary N) is 1. The van der Waals surface area contributed by atoms with Gasteiger partial charge in [0.1, 0.15) is 5.54 Å². The van der Waals surface area contributed by atoms with Crippen molar-refractivity contribution < 1.29 is 22.7 Å². The summed E-state index contributed by atoms with van der Waals surface area (Å²) in [6.45, 7) is 1.63. The molecular weight excluding hydrogens is 259 g/mol. The average molecular weight is 281 g/mol. The highest BCUT2D eigenvalue weighted by Crippen LogP contribution is 2.27. The molecule has 1 N–H and O–H groups in total. The van der Waals surface area contributed by atoms with Gasteiger partial charge in [0, 0.05) is 12.5 Å². The van der Waals surface area contributed by atoms with E-state index in [2.05, 4.69) is 5.32 Å². The lowest BCUT2D eigenvalue weighted by Gasteiger charge is -2.31. The number of hydrogen-bond acceptors (Lipinski definition) is 3. The SMILES string of the molecule is COC(=O)C(C)(CCCC(F)(F)F)NC1CCCC1. The van der Waals surface area contributed by atoms with E-state index in [1.807, 2.05) is 0 Å². The van der Waals surface area contributed by atoms with Crippen molar-refractivity contribution in [2.75, 3.05) is 7.11 Å². The van der Waals surface area contributed by atoms with Gasteiger partial charge in [-0.2, -0.15) is 13.2 Å². The van der Waals surface area contributed by atoms with Gasteiger partial charge in [0.05, 0.1) is 7.11 Å². The Kier molecular flexibility index (Phi) is 5.64. The fraction of sp³-hybridized carbons (Fsp3) is 0.923. The van der Waals surface area contributed by atoms with Gasteiger partial charge in [-0.1, -0.05) is 12.8 Å². The van der Waals surface area contributed by atoms with Crippen molar-refractivity contribution in [1.82, 2.24) is 5.32 Å². The molecule has 0 aliphatic heterocycles. The molecule has 3 nitrogen and oxygen atoms in total. The molecule has 1 aliphatic carbocycles. The lowest BCUT2D eigenvalue weighted by Crippen LogP contribution is -2.53. The van der Waals surface area contributed by atoms with Gasteiger partial charge in [-0.05, 0) is 32.6 Å². The predicted octanol–water partition coefficient (Wildman–Crippen LogP) is 3.18. The van der Waals surface area contributed by atoms with E-state index in [0.717, 1.165) is 25.7 Å². The van der Waals surface area contributed by atoms with E-state index >= 15 is 0 Å². The molecule has 0 bridgehead atoms. The Balaban J connectivity index is 2.56. The van der Waals surface area contributed by atoms with Crippen LogP contribution in [0.2, 0.25) is 0 Å². The molecule has 1 unspecified atom stereocenters. The standard InChI is InChI=1S/C13H22F3NO2/c1-12(11(18)19-2,8-5-9-13(14,15)16)17-10-6-3-4-7-10/h10,17H,3-9H2,1-2H3. The Morgan fingerprint density at radius 1 is 1.26 bits per heavy atom. The Bertz CT molecular complexity index is 301. The zero-order valence-electron chi connectivity index (χ0n) is 11.5. The summed E-state index contributed by atoms with van der Waals surface area (Å²) in [5, 5.41) is 3.19. The molecule has 0 radical (unpaired) electrons. The Morgan fingerprint density at radius 3 is 2.32 bits per heavy atom. The second-order valence-electron chi connectivity index (χ2n) is 5.42. The van der Waals surface area contributed by atoms with Gasteiger partial charge >= 0.3 is 12.1 Å². The second kappa shape index (κ2) is 6.59. The van der Waals surface area contributed by atoms with E-state index in [4.69, 9.17) is 4.74 Å². The number of carbonyl (C=O) groups is 1. The highest BCUT2D eigenvalue weighted by Gasteiger charge is 2.38. The molecular formula is C13H22F3NO2. The number of hydrogen-bond donors (Lipinski definition) is 1. The summed E-state index contributed by atoms with van der Waals surface area (Å²) in [5.74, 6) is -0.485. The third kappa shape index (κ3) is 5.38. The molecule has 1 rings (SSSR count). The molecule has 0 aromatic carbocycles. The number of carbonyl (C=O) groups excluding carboxylic acids is 1. The largest absolute Gasteiger partial charge is 0.468 e. The highest BCUT2D eigenvalue weighted by molar-refractivity contribution is 5.80. The molecule has 1 aliphatic rings. The predicted molar refractivity (Wildman–Crippen MR) is 65.7 cm³/mol. The third-order valence-electron chi connectivity index (χ3n) is 3.65. The van der Waals surface area contributed by atoms with Gasteiger partial charge in [-0.25, -0.2) is 0 Å². The first-order chi connectivity index (χ1) is 8.77. The first kappa shape index (κ1) is 16.3. The third-order valence-corrected chi connectivity index (χ3v) is 3.65. The lowest BCUT2D eigenvalue weighted by molar-refractivity contribution is -0.151. The maximum absolute atomic E-state index is 12.2. The molecule has 0 aromatic heterocycles. The van der Waals surface area contributed by atoms with Gasteiger partial charge in [-0.15, -0.1) is 0 Å². The van der Waals surface area contributed by atoms with Gasteiger partial charge in [0.15, 0.2) is 0 Å². The molecule has 1 atom stereocenters. The number of rotatable bonds is 6. The van der Waals surface area contributed by atoms with Crippen LogP contribution in [0.3, 0.4) is 0 Å². The van der Waals surface area contributed by atoms with Crippen LogP contribution in [0.25, 0.3) is 0 Å². The Morgan fingerprint density at radius 2 is 1.84 bits per heavy atom. The van der Waals surface area contributed by atoms with E-state index < -0.39 is 24.1 Å². The van der Waals surface area contributed by atoms with Crippen molar-refractivity contribution in [2.24, 2.45) is 0 Å². The summed E-state index contributed by atoms with van der Waals surface area (Å²) in [5.41, 5.74) is -1.02. The summed E-state index contributed by atoms with van der Waals surface area (Å²) in [4.78, 5) is 11.8. The van der Waals surface area contributed by atoms with Crippen LogP contribution in [0.5, 0.6) is 0 Å². The minimum absolute atomic E-state index is 0.0746. The van der Waals surface area contributed by atoms with Crippen molar-refractivity contribution in [2.45, 2.75) is 69.6 Å². The van der Waals surface area contributed by atoms with Crippen molar-refractivity contribution in [3.8, 4) is 0 Å². The first-order valence-corrected chi connectivity index (χ1v) is 6.70. The van der Waals surface area contributed by atoms with E-state index in [0.29, 0.717) is 0 Å². The molecule has 0 spiro atoms. The van der Waals surface area contributed by atoms with E-state index in [9.17, 15) is 18.0 Å². The van der Waals surface area contributed by atoms with Crippen LogP contribution < -0.4 is 5.32 Å². The molecule has 6 heteroatoms. The minimum atomic E-state index is -4.18. The number of alkyl halides is 3. The van der Waals surface area contributed by atoms with Crippen molar-refractivity contribution in [3.05, 3.63) is 0 Å². The van der Waals surface area contributed by atoms with Crippen LogP contribution in [-0.2, 0) is 9.53 Å². The van der Waals surface area contributed by atoms with Gasteiger partial charge in [-0.3, -0.25) is 10.1 Å². The van der Waals surface area contributed by atoms with E-state index in [1.54, 1.807) is 6.92 Å². The van der Waals surface area contributed by atoms with Crippen LogP contribution in [0.15, 0.2) is 0 Å². The number of methoxy groups -OCH3 is 1. The fourth-order valence-electron chi connectivity index (χ4n) is 2.62. The van der Waals surface area contributed by atoms with Crippen LogP contribution >= 0.6 is 0 Å². The number of esters is 1. The molecule has 0 heterocycles. The monoisotopic (exact) mass is 281 g/mol. The van der Waals surface area contributed by atoms with Crippen LogP contribution in [-0.4, -0.2) is 30.8 Å². The summed E-state index contributed by atoms with van der Waals surface area (Å²) in [6, 6.07) is 0.204. The lowest BCUT2D eigenvalue weighted by atomic mass is 9.93. The molecule has 1 fully saturated rings. The summed E-state index contributed by atoms with van der Waals surface area (Å²) < 4.78 is 41.3. The Hall–Kier alpha value is -0.780. The topological polar surface area (TPSA) is 38.3 Å². The van der Waals surface area contributed by atoms with E-state index in [1.165, 1.54) is 7.11 Å². The molecule has 1 saturated carbocycles. The fourth-order valence-corrected chi connectivity index (χ4v) is 2.62. The summed E-state index contributed by atoms with van der Waals surface area (Å²) in [6.07, 6.45) is -0.868. The maximum Gasteiger partial charge on any atom is 0.389 e. The summed E-state index contributed by atoms with van der Waals surface area (Å²) in [7, 11) is 1.26. The van der Waals surface area contributed by atoms with E-state index in [-0.39, 0.29) is 18.9 Å². The quantitative estimate of drug-likeness (QED) is 0.760. The van der Waals surface area contributed by atoms with Gasteiger partial charge in [0.2, 0.25) is 0 Å². The molecule has 0 aromatic rings. The minimum Gasteiger partial charge on any atom is -0.468 e. The zero-order chi connectivity index (χ0) is 14.5. The van der Waals surface area contributed by atoms with Crippen molar-refractivity contribution >= 4 is 5.97 Å². The van der Waals surface area contributed by atoms with Crippen LogP contribution in [0, 0.1) is 0 Å². The molecule has 112 valence electrons. The molecule has 19 heavy (non-hydrogen) atoms. The van der Waals surface area contributed by atoms with Crippen molar-refractivity contribution in [1.29, 1.82) is 0 Å². The second-order valence-corrected chi connectivity index (χ2v) is 5.42. The maximum atomic E-state index is 12.2. The normalized spacial score (nSPS) is 20.3. The Labute approximate surface area is 111 Å². The molecule has 0 saturated heterocycles. The van der Waals surface area contributed by atoms with Crippen LogP contribution in [0.4, 0.5) is 13.2 Å². The average Bonchev–Trinajstić information content (AvgIpc) is 2.78. The first-order valence-electron chi connectivity index (χ1n) is 6.70. The van der Waals surface area contributed by atoms with Gasteiger partial charge < -0.3 is 4.74 Å². The number of halogens is 3. The van der Waals surface area contributed by atoms with Crippen molar-refractivity contribution in [3.63, 3.8) is 0 Å². The molecule has 0 amide bonds. The van der Waals surface area contributed by atoms with Gasteiger partial charge in [0.25, 0.3) is 0 Å². The zero-order valence-corrected chi connectivity index (χ0v) is 11.5. The highest BCUT2D eigenvalue weighted by atomic mass is 19.4. The number of ether oxygens (including phenoxy) is 1. The smallest absolute Gasteiger partial charge is 0.389 e. The summed E-state index contributed by atoms with van der Waals surface area (Å²) >= 11 is 0.